The first-order chi connectivity index (χ1) is 9.49. The number of ether oxygens (including phenoxy) is 1. The fourth-order valence-electron chi connectivity index (χ4n) is 2.67. The van der Waals surface area contributed by atoms with Gasteiger partial charge in [-0.25, -0.2) is 4.98 Å². The van der Waals surface area contributed by atoms with Gasteiger partial charge in [0.05, 0.1) is 12.1 Å². The molecule has 2 rings (SSSR count). The number of pyridine rings is 1. The molecule has 0 aliphatic carbocycles. The second-order valence-electron chi connectivity index (χ2n) is 5.99. The van der Waals surface area contributed by atoms with Crippen molar-refractivity contribution >= 4 is 5.82 Å². The highest BCUT2D eigenvalue weighted by atomic mass is 16.5. The van der Waals surface area contributed by atoms with E-state index in [0.717, 1.165) is 31.1 Å². The van der Waals surface area contributed by atoms with Crippen LogP contribution in [0.2, 0.25) is 0 Å². The number of anilines is 1. The van der Waals surface area contributed by atoms with Gasteiger partial charge in [-0.3, -0.25) is 0 Å². The van der Waals surface area contributed by atoms with E-state index >= 15 is 0 Å². The number of aromatic nitrogens is 1. The molecule has 112 valence electrons. The van der Waals surface area contributed by atoms with Crippen LogP contribution in [0.5, 0.6) is 0 Å². The number of hydrogen-bond acceptors (Lipinski definition) is 4. The Balaban J connectivity index is 2.08. The maximum absolute atomic E-state index is 5.65. The molecule has 1 fully saturated rings. The number of nitrogens with zero attached hydrogens (tertiary/aromatic N) is 2. The quantitative estimate of drug-likeness (QED) is 0.897. The van der Waals surface area contributed by atoms with Crippen molar-refractivity contribution in [3.63, 3.8) is 0 Å². The molecule has 1 N–H and O–H groups in total. The SMILES string of the molecule is Cc1nc(N(C)C2CCOC2C)ccc1CNC(C)C. The lowest BCUT2D eigenvalue weighted by atomic mass is 10.1. The average Bonchev–Trinajstić information content (AvgIpc) is 2.82. The van der Waals surface area contributed by atoms with Crippen LogP contribution < -0.4 is 10.2 Å². The normalized spacial score (nSPS) is 22.5. The molecule has 0 radical (unpaired) electrons. The molecular weight excluding hydrogens is 250 g/mol. The summed E-state index contributed by atoms with van der Waals surface area (Å²) >= 11 is 0. The van der Waals surface area contributed by atoms with E-state index in [4.69, 9.17) is 9.72 Å². The predicted octanol–water partition coefficient (Wildman–Crippen LogP) is 2.50. The van der Waals surface area contributed by atoms with Crippen molar-refractivity contribution < 1.29 is 4.74 Å². The minimum atomic E-state index is 0.282. The highest BCUT2D eigenvalue weighted by Gasteiger charge is 2.28. The monoisotopic (exact) mass is 277 g/mol. The van der Waals surface area contributed by atoms with Gasteiger partial charge in [-0.05, 0) is 31.9 Å². The maximum atomic E-state index is 5.65. The van der Waals surface area contributed by atoms with Crippen LogP contribution in [0.15, 0.2) is 12.1 Å². The fraction of sp³-hybridized carbons (Fsp3) is 0.688. The third-order valence-electron chi connectivity index (χ3n) is 4.08. The van der Waals surface area contributed by atoms with Gasteiger partial charge in [-0.1, -0.05) is 19.9 Å². The van der Waals surface area contributed by atoms with Crippen molar-refractivity contribution in [2.45, 2.75) is 58.8 Å². The lowest BCUT2D eigenvalue weighted by molar-refractivity contribution is 0.118. The Labute approximate surface area is 122 Å². The fourth-order valence-corrected chi connectivity index (χ4v) is 2.67. The molecule has 1 aromatic rings. The molecule has 1 aliphatic heterocycles. The lowest BCUT2D eigenvalue weighted by Gasteiger charge is -2.28. The molecule has 4 nitrogen and oxygen atoms in total. The van der Waals surface area contributed by atoms with Crippen LogP contribution in [0.3, 0.4) is 0 Å². The Morgan fingerprint density at radius 2 is 2.20 bits per heavy atom. The number of rotatable bonds is 5. The van der Waals surface area contributed by atoms with Gasteiger partial charge in [0.2, 0.25) is 0 Å². The highest BCUT2D eigenvalue weighted by molar-refractivity contribution is 5.42. The zero-order chi connectivity index (χ0) is 14.7. The third kappa shape index (κ3) is 3.49. The van der Waals surface area contributed by atoms with Crippen LogP contribution >= 0.6 is 0 Å². The largest absolute Gasteiger partial charge is 0.376 e. The van der Waals surface area contributed by atoms with Crippen molar-refractivity contribution in [3.8, 4) is 0 Å². The van der Waals surface area contributed by atoms with Crippen LogP contribution in [0.1, 0.15) is 38.4 Å². The molecular formula is C16H27N3O. The summed E-state index contributed by atoms with van der Waals surface area (Å²) in [6.45, 7) is 10.3. The van der Waals surface area contributed by atoms with Crippen molar-refractivity contribution in [2.24, 2.45) is 0 Å². The van der Waals surface area contributed by atoms with Gasteiger partial charge in [0.15, 0.2) is 0 Å². The van der Waals surface area contributed by atoms with E-state index in [9.17, 15) is 0 Å². The van der Waals surface area contributed by atoms with Crippen LogP contribution in [0.25, 0.3) is 0 Å². The van der Waals surface area contributed by atoms with E-state index in [1.807, 2.05) is 0 Å². The first-order valence-electron chi connectivity index (χ1n) is 7.53. The van der Waals surface area contributed by atoms with Crippen molar-refractivity contribution in [3.05, 3.63) is 23.4 Å². The standard InChI is InChI=1S/C16H27N3O/c1-11(2)17-10-14-6-7-16(18-12(14)3)19(5)15-8-9-20-13(15)4/h6-7,11,13,15,17H,8-10H2,1-5H3. The van der Waals surface area contributed by atoms with E-state index < -0.39 is 0 Å². The van der Waals surface area contributed by atoms with Gasteiger partial charge in [0.1, 0.15) is 5.82 Å². The summed E-state index contributed by atoms with van der Waals surface area (Å²) < 4.78 is 5.65. The van der Waals surface area contributed by atoms with E-state index in [0.29, 0.717) is 12.1 Å². The van der Waals surface area contributed by atoms with Gasteiger partial charge in [0, 0.05) is 31.9 Å². The number of likely N-dealkylation sites (N-methyl/N-ethyl adjacent to an activating group) is 1. The molecule has 0 aromatic carbocycles. The molecule has 20 heavy (non-hydrogen) atoms. The van der Waals surface area contributed by atoms with Gasteiger partial charge < -0.3 is 15.0 Å². The molecule has 2 heterocycles. The van der Waals surface area contributed by atoms with E-state index in [1.54, 1.807) is 0 Å². The molecule has 2 unspecified atom stereocenters. The molecule has 1 aromatic heterocycles. The van der Waals surface area contributed by atoms with E-state index in [1.165, 1.54) is 5.56 Å². The number of nitrogens with one attached hydrogen (secondary N) is 1. The molecule has 0 spiro atoms. The Kier molecular flexibility index (Phi) is 5.00. The molecule has 2 atom stereocenters. The smallest absolute Gasteiger partial charge is 0.128 e. The zero-order valence-electron chi connectivity index (χ0n) is 13.3. The third-order valence-corrected chi connectivity index (χ3v) is 4.08. The van der Waals surface area contributed by atoms with Crippen molar-refractivity contribution in [1.82, 2.24) is 10.3 Å². The topological polar surface area (TPSA) is 37.4 Å². The van der Waals surface area contributed by atoms with Crippen LogP contribution in [0, 0.1) is 6.92 Å². The molecule has 0 saturated carbocycles. The minimum absolute atomic E-state index is 0.282. The summed E-state index contributed by atoms with van der Waals surface area (Å²) in [7, 11) is 2.11. The first kappa shape index (κ1) is 15.3. The molecule has 0 amide bonds. The van der Waals surface area contributed by atoms with Crippen LogP contribution in [-0.2, 0) is 11.3 Å². The molecule has 0 bridgehead atoms. The summed E-state index contributed by atoms with van der Waals surface area (Å²) in [6.07, 6.45) is 1.36. The lowest BCUT2D eigenvalue weighted by Crippen LogP contribution is -2.37. The molecule has 1 aliphatic rings. The second-order valence-corrected chi connectivity index (χ2v) is 5.99. The average molecular weight is 277 g/mol. The van der Waals surface area contributed by atoms with Gasteiger partial charge in [-0.15, -0.1) is 0 Å². The van der Waals surface area contributed by atoms with Crippen molar-refractivity contribution in [2.75, 3.05) is 18.6 Å². The van der Waals surface area contributed by atoms with Gasteiger partial charge in [0.25, 0.3) is 0 Å². The highest BCUT2D eigenvalue weighted by Crippen LogP contribution is 2.23. The van der Waals surface area contributed by atoms with E-state index in [2.05, 4.69) is 57.1 Å². The summed E-state index contributed by atoms with van der Waals surface area (Å²) in [5, 5.41) is 3.44. The maximum Gasteiger partial charge on any atom is 0.128 e. The number of hydrogen-bond donors (Lipinski definition) is 1. The Morgan fingerprint density at radius 1 is 1.45 bits per heavy atom. The van der Waals surface area contributed by atoms with E-state index in [-0.39, 0.29) is 6.10 Å². The second kappa shape index (κ2) is 6.55. The summed E-state index contributed by atoms with van der Waals surface area (Å²) in [6, 6.07) is 5.23. The van der Waals surface area contributed by atoms with Gasteiger partial charge in [-0.2, -0.15) is 0 Å². The van der Waals surface area contributed by atoms with Crippen LogP contribution in [0.4, 0.5) is 5.82 Å². The van der Waals surface area contributed by atoms with Crippen molar-refractivity contribution in [1.29, 1.82) is 0 Å². The molecule has 4 heteroatoms. The van der Waals surface area contributed by atoms with Gasteiger partial charge >= 0.3 is 0 Å². The zero-order valence-corrected chi connectivity index (χ0v) is 13.3. The number of aryl methyl sites for hydroxylation is 1. The van der Waals surface area contributed by atoms with Crippen LogP contribution in [-0.4, -0.2) is 36.8 Å². The summed E-state index contributed by atoms with van der Waals surface area (Å²) in [5.41, 5.74) is 2.38. The Bertz CT molecular complexity index is 447. The summed E-state index contributed by atoms with van der Waals surface area (Å²) in [5.74, 6) is 1.04. The Morgan fingerprint density at radius 3 is 2.75 bits per heavy atom. The predicted molar refractivity (Wildman–Crippen MR) is 83.2 cm³/mol. The minimum Gasteiger partial charge on any atom is -0.376 e. The summed E-state index contributed by atoms with van der Waals surface area (Å²) in [4.78, 5) is 7.01. The Hall–Kier alpha value is -1.13. The first-order valence-corrected chi connectivity index (χ1v) is 7.53. The molecule has 1 saturated heterocycles.